The molecule has 2 aromatic carbocycles. The number of carbonyl (C=O) groups excluding carboxylic acids is 3. The summed E-state index contributed by atoms with van der Waals surface area (Å²) in [6.07, 6.45) is 3.07. The van der Waals surface area contributed by atoms with E-state index in [2.05, 4.69) is 5.32 Å². The van der Waals surface area contributed by atoms with E-state index in [1.807, 2.05) is 0 Å². The fraction of sp³-hybridized carbons (Fsp3) is 0.0400. The Morgan fingerprint density at radius 3 is 2.33 bits per heavy atom. The summed E-state index contributed by atoms with van der Waals surface area (Å²) in [6.45, 7) is 1.33. The number of benzene rings is 2. The minimum Gasteiger partial charge on any atom is -0.478 e. The van der Waals surface area contributed by atoms with Gasteiger partial charge in [-0.2, -0.15) is 0 Å². The zero-order chi connectivity index (χ0) is 23.3. The summed E-state index contributed by atoms with van der Waals surface area (Å²) in [7, 11) is 0. The second-order valence-electron chi connectivity index (χ2n) is 7.55. The molecule has 8 heteroatoms. The summed E-state index contributed by atoms with van der Waals surface area (Å²) >= 11 is 0. The molecule has 0 radical (unpaired) electrons. The number of amides is 3. The van der Waals surface area contributed by atoms with Crippen molar-refractivity contribution in [2.24, 2.45) is 0 Å². The molecule has 0 fully saturated rings. The third-order valence-corrected chi connectivity index (χ3v) is 5.45. The number of carboxylic acids is 1. The third kappa shape index (κ3) is 3.34. The highest BCUT2D eigenvalue weighted by Gasteiger charge is 2.35. The average Bonchev–Trinajstić information content (AvgIpc) is 3.43. The standard InChI is InChI=1S/C25H16N2O6/c1-13(28)27-22-5-3-2-4-17(22)20(24(27)30)12-16-8-7-15(33-16)11-19-18-10-14(25(31)32)6-9-21(18)26-23(19)29/h2-12H,1H3,(H,26,29)(H,31,32)/b19-11+,20-12+. The molecule has 0 bridgehead atoms. The first-order valence-corrected chi connectivity index (χ1v) is 10.00. The summed E-state index contributed by atoms with van der Waals surface area (Å²) < 4.78 is 5.80. The van der Waals surface area contributed by atoms with E-state index in [0.717, 1.165) is 4.90 Å². The molecule has 3 heterocycles. The van der Waals surface area contributed by atoms with Gasteiger partial charge in [-0.25, -0.2) is 9.69 Å². The van der Waals surface area contributed by atoms with Crippen LogP contribution in [0.3, 0.4) is 0 Å². The van der Waals surface area contributed by atoms with Crippen LogP contribution < -0.4 is 10.2 Å². The lowest BCUT2D eigenvalue weighted by Crippen LogP contribution is -2.30. The number of rotatable bonds is 3. The predicted molar refractivity (Wildman–Crippen MR) is 121 cm³/mol. The van der Waals surface area contributed by atoms with Crippen LogP contribution in [0.5, 0.6) is 0 Å². The van der Waals surface area contributed by atoms with Crippen molar-refractivity contribution in [2.45, 2.75) is 6.92 Å². The third-order valence-electron chi connectivity index (χ3n) is 5.45. The van der Waals surface area contributed by atoms with Crippen molar-refractivity contribution in [1.82, 2.24) is 0 Å². The summed E-state index contributed by atoms with van der Waals surface area (Å²) in [5.74, 6) is -1.57. The Bertz CT molecular complexity index is 1440. The van der Waals surface area contributed by atoms with Gasteiger partial charge in [0, 0.05) is 23.7 Å². The van der Waals surface area contributed by atoms with Crippen LogP contribution in [-0.2, 0) is 14.4 Å². The van der Waals surface area contributed by atoms with Gasteiger partial charge in [0.1, 0.15) is 11.5 Å². The van der Waals surface area contributed by atoms with Crippen LogP contribution in [0.4, 0.5) is 11.4 Å². The molecule has 2 aliphatic rings. The lowest BCUT2D eigenvalue weighted by Gasteiger charge is -2.11. The fourth-order valence-corrected chi connectivity index (χ4v) is 3.97. The van der Waals surface area contributed by atoms with Crippen molar-refractivity contribution in [2.75, 3.05) is 10.2 Å². The Balaban J connectivity index is 1.51. The van der Waals surface area contributed by atoms with Crippen molar-refractivity contribution in [3.05, 3.63) is 82.8 Å². The minimum atomic E-state index is -1.09. The van der Waals surface area contributed by atoms with E-state index in [4.69, 9.17) is 4.42 Å². The van der Waals surface area contributed by atoms with E-state index >= 15 is 0 Å². The molecular weight excluding hydrogens is 424 g/mol. The highest BCUT2D eigenvalue weighted by Crippen LogP contribution is 2.38. The van der Waals surface area contributed by atoms with E-state index in [-0.39, 0.29) is 23.0 Å². The van der Waals surface area contributed by atoms with E-state index in [1.54, 1.807) is 48.5 Å². The van der Waals surface area contributed by atoms with Crippen LogP contribution in [0, 0.1) is 0 Å². The van der Waals surface area contributed by atoms with E-state index in [1.165, 1.54) is 25.1 Å². The normalized spacial score (nSPS) is 16.8. The van der Waals surface area contributed by atoms with Crippen LogP contribution in [0.15, 0.2) is 59.0 Å². The summed E-state index contributed by atoms with van der Waals surface area (Å²) in [6, 6.07) is 14.7. The van der Waals surface area contributed by atoms with Crippen LogP contribution in [-0.4, -0.2) is 28.8 Å². The number of anilines is 2. The van der Waals surface area contributed by atoms with Crippen LogP contribution in [0.25, 0.3) is 23.3 Å². The Labute approximate surface area is 187 Å². The van der Waals surface area contributed by atoms with Crippen LogP contribution in [0.2, 0.25) is 0 Å². The molecule has 33 heavy (non-hydrogen) atoms. The number of imide groups is 1. The summed E-state index contributed by atoms with van der Waals surface area (Å²) in [5, 5.41) is 11.9. The zero-order valence-electron chi connectivity index (χ0n) is 17.3. The number of nitrogens with one attached hydrogen (secondary N) is 1. The summed E-state index contributed by atoms with van der Waals surface area (Å²) in [4.78, 5) is 49.7. The van der Waals surface area contributed by atoms with Gasteiger partial charge >= 0.3 is 5.97 Å². The lowest BCUT2D eigenvalue weighted by atomic mass is 10.0. The molecule has 2 aliphatic heterocycles. The van der Waals surface area contributed by atoms with Gasteiger partial charge in [0.15, 0.2) is 0 Å². The number of furan rings is 1. The Morgan fingerprint density at radius 1 is 0.939 bits per heavy atom. The number of aromatic carboxylic acids is 1. The topological polar surface area (TPSA) is 117 Å². The second-order valence-corrected chi connectivity index (χ2v) is 7.55. The number of hydrogen-bond acceptors (Lipinski definition) is 5. The minimum absolute atomic E-state index is 0.0643. The maximum absolute atomic E-state index is 12.8. The molecular formula is C25H16N2O6. The van der Waals surface area contributed by atoms with Gasteiger partial charge in [0.2, 0.25) is 5.91 Å². The molecule has 162 valence electrons. The lowest BCUT2D eigenvalue weighted by molar-refractivity contribution is -0.122. The summed E-state index contributed by atoms with van der Waals surface area (Å²) in [5.41, 5.74) is 2.78. The largest absolute Gasteiger partial charge is 0.478 e. The van der Waals surface area contributed by atoms with Crippen molar-refractivity contribution in [3.8, 4) is 0 Å². The van der Waals surface area contributed by atoms with Crippen LogP contribution in [0.1, 0.15) is 39.9 Å². The van der Waals surface area contributed by atoms with Gasteiger partial charge in [-0.15, -0.1) is 0 Å². The molecule has 0 unspecified atom stereocenters. The Morgan fingerprint density at radius 2 is 1.64 bits per heavy atom. The van der Waals surface area contributed by atoms with Crippen LogP contribution >= 0.6 is 0 Å². The second kappa shape index (κ2) is 7.45. The number of hydrogen-bond donors (Lipinski definition) is 2. The maximum Gasteiger partial charge on any atom is 0.335 e. The first-order valence-electron chi connectivity index (χ1n) is 10.00. The van der Waals surface area contributed by atoms with Gasteiger partial charge in [0.25, 0.3) is 11.8 Å². The highest BCUT2D eigenvalue weighted by atomic mass is 16.4. The van der Waals surface area contributed by atoms with Gasteiger partial charge in [0.05, 0.1) is 22.4 Å². The number of fused-ring (bicyclic) bond motifs is 2. The fourth-order valence-electron chi connectivity index (χ4n) is 3.97. The van der Waals surface area contributed by atoms with E-state index in [9.17, 15) is 24.3 Å². The van der Waals surface area contributed by atoms with Crippen molar-refractivity contribution in [1.29, 1.82) is 0 Å². The molecule has 0 spiro atoms. The van der Waals surface area contributed by atoms with Gasteiger partial charge in [-0.3, -0.25) is 14.4 Å². The molecule has 3 amide bonds. The van der Waals surface area contributed by atoms with Gasteiger partial charge in [-0.1, -0.05) is 18.2 Å². The number of carbonyl (C=O) groups is 4. The van der Waals surface area contributed by atoms with E-state index < -0.39 is 11.9 Å². The molecule has 3 aromatic rings. The molecule has 0 saturated carbocycles. The smallest absolute Gasteiger partial charge is 0.335 e. The monoisotopic (exact) mass is 440 g/mol. The SMILES string of the molecule is CC(=O)N1C(=O)/C(=C/c2ccc(/C=C3/C(=O)Nc4ccc(C(=O)O)cc43)o2)c2ccccc21. The first-order chi connectivity index (χ1) is 15.8. The predicted octanol–water partition coefficient (Wildman–Crippen LogP) is 3.90. The van der Waals surface area contributed by atoms with E-state index in [0.29, 0.717) is 39.6 Å². The Kier molecular flexibility index (Phi) is 4.56. The first kappa shape index (κ1) is 20.2. The number of para-hydroxylation sites is 1. The molecule has 1 aromatic heterocycles. The molecule has 2 N–H and O–H groups in total. The van der Waals surface area contributed by atoms with Crippen molar-refractivity contribution in [3.63, 3.8) is 0 Å². The number of carboxylic acid groups (broad SMARTS) is 1. The molecule has 8 nitrogen and oxygen atoms in total. The Hall–Kier alpha value is -4.72. The zero-order valence-corrected chi connectivity index (χ0v) is 17.3. The maximum atomic E-state index is 12.8. The quantitative estimate of drug-likeness (QED) is 0.597. The van der Waals surface area contributed by atoms with Crippen molar-refractivity contribution >= 4 is 58.4 Å². The molecule has 0 atom stereocenters. The average molecular weight is 440 g/mol. The molecule has 0 aliphatic carbocycles. The van der Waals surface area contributed by atoms with Gasteiger partial charge < -0.3 is 14.8 Å². The number of nitrogens with zero attached hydrogens (tertiary/aromatic N) is 1. The molecule has 5 rings (SSSR count). The van der Waals surface area contributed by atoms with Crippen molar-refractivity contribution < 1.29 is 28.7 Å². The van der Waals surface area contributed by atoms with Gasteiger partial charge in [-0.05, 0) is 48.6 Å². The highest BCUT2D eigenvalue weighted by molar-refractivity contribution is 6.42. The molecule has 0 saturated heterocycles.